The van der Waals surface area contributed by atoms with Gasteiger partial charge in [0, 0.05) is 13.0 Å². The average Bonchev–Trinajstić information content (AvgIpc) is 3.00. The molecule has 0 aliphatic heterocycles. The van der Waals surface area contributed by atoms with Crippen LogP contribution < -0.4 is 0 Å². The number of nitrogens with zero attached hydrogens (tertiary/aromatic N) is 1. The number of hydrogen-bond donors (Lipinski definition) is 1. The zero-order valence-corrected chi connectivity index (χ0v) is 10.3. The summed E-state index contributed by atoms with van der Waals surface area (Å²) >= 11 is 0. The van der Waals surface area contributed by atoms with Crippen LogP contribution in [0.25, 0.3) is 0 Å². The second-order valence-corrected chi connectivity index (χ2v) is 4.56. The summed E-state index contributed by atoms with van der Waals surface area (Å²) in [4.78, 5) is 24.8. The van der Waals surface area contributed by atoms with E-state index in [4.69, 9.17) is 0 Å². The van der Waals surface area contributed by atoms with Crippen molar-refractivity contribution < 1.29 is 14.7 Å². The average molecular weight is 227 g/mol. The molecule has 1 amide bonds. The third kappa shape index (κ3) is 2.20. The highest BCUT2D eigenvalue weighted by Gasteiger charge is 2.49. The van der Waals surface area contributed by atoms with Crippen LogP contribution in [0.2, 0.25) is 0 Å². The molecule has 1 saturated carbocycles. The Hall–Kier alpha value is -1.06. The van der Waals surface area contributed by atoms with Gasteiger partial charge in [-0.2, -0.15) is 0 Å². The molecule has 0 bridgehead atoms. The number of aliphatic carboxylic acids is 1. The first-order chi connectivity index (χ1) is 7.49. The van der Waals surface area contributed by atoms with Crippen molar-refractivity contribution in [1.29, 1.82) is 0 Å². The van der Waals surface area contributed by atoms with Crippen LogP contribution in [0, 0.1) is 0 Å². The van der Waals surface area contributed by atoms with Gasteiger partial charge >= 0.3 is 5.97 Å². The molecule has 0 aromatic rings. The predicted octanol–water partition coefficient (Wildman–Crippen LogP) is 2.03. The third-order valence-electron chi connectivity index (χ3n) is 3.36. The van der Waals surface area contributed by atoms with E-state index in [1.165, 1.54) is 6.92 Å². The van der Waals surface area contributed by atoms with Gasteiger partial charge in [-0.15, -0.1) is 0 Å². The van der Waals surface area contributed by atoms with E-state index in [1.807, 2.05) is 13.8 Å². The molecule has 0 radical (unpaired) electrons. The van der Waals surface area contributed by atoms with Crippen molar-refractivity contribution in [1.82, 2.24) is 4.90 Å². The number of rotatable bonds is 6. The van der Waals surface area contributed by atoms with Crippen LogP contribution >= 0.6 is 0 Å². The van der Waals surface area contributed by atoms with E-state index in [0.717, 1.165) is 19.3 Å². The molecule has 1 rings (SSSR count). The zero-order valence-electron chi connectivity index (χ0n) is 10.3. The van der Waals surface area contributed by atoms with Crippen LogP contribution in [0.15, 0.2) is 0 Å². The maximum Gasteiger partial charge on any atom is 0.329 e. The Morgan fingerprint density at radius 2 is 1.94 bits per heavy atom. The summed E-state index contributed by atoms with van der Waals surface area (Å²) in [6.45, 7) is 5.28. The third-order valence-corrected chi connectivity index (χ3v) is 3.36. The summed E-state index contributed by atoms with van der Waals surface area (Å²) in [5.74, 6) is -0.973. The number of amides is 1. The minimum absolute atomic E-state index is 0.111. The van der Waals surface area contributed by atoms with Crippen molar-refractivity contribution in [3.63, 3.8) is 0 Å². The molecule has 16 heavy (non-hydrogen) atoms. The molecule has 4 heteroatoms. The van der Waals surface area contributed by atoms with Gasteiger partial charge < -0.3 is 10.0 Å². The molecule has 1 N–H and O–H groups in total. The molecule has 1 unspecified atom stereocenters. The number of carbonyl (C=O) groups is 2. The Kier molecular flexibility index (Phi) is 3.94. The van der Waals surface area contributed by atoms with Gasteiger partial charge in [0.25, 0.3) is 0 Å². The maximum absolute atomic E-state index is 11.7. The number of carboxylic acid groups (broad SMARTS) is 1. The Morgan fingerprint density at radius 1 is 1.38 bits per heavy atom. The van der Waals surface area contributed by atoms with Crippen molar-refractivity contribution in [2.24, 2.45) is 0 Å². The number of hydrogen-bond acceptors (Lipinski definition) is 2. The van der Waals surface area contributed by atoms with Crippen LogP contribution in [0.4, 0.5) is 0 Å². The Labute approximate surface area is 96.6 Å². The predicted molar refractivity (Wildman–Crippen MR) is 61.1 cm³/mol. The Balaban J connectivity index is 3.04. The SMILES string of the molecule is CCCC(CC)(C(=O)O)N(C(C)=O)C1CC1. The number of carbonyl (C=O) groups excluding carboxylic acids is 1. The molecule has 1 aliphatic rings. The topological polar surface area (TPSA) is 57.6 Å². The van der Waals surface area contributed by atoms with Crippen molar-refractivity contribution in [3.05, 3.63) is 0 Å². The standard InChI is InChI=1S/C12H21NO3/c1-4-8-12(5-2,11(15)16)13(9(3)14)10-6-7-10/h10H,4-8H2,1-3H3,(H,15,16). The lowest BCUT2D eigenvalue weighted by atomic mass is 9.88. The van der Waals surface area contributed by atoms with Crippen molar-refractivity contribution in [2.45, 2.75) is 64.5 Å². The zero-order chi connectivity index (χ0) is 12.3. The molecule has 1 aliphatic carbocycles. The first kappa shape index (κ1) is 13.0. The maximum atomic E-state index is 11.7. The van der Waals surface area contributed by atoms with E-state index >= 15 is 0 Å². The highest BCUT2D eigenvalue weighted by atomic mass is 16.4. The van der Waals surface area contributed by atoms with Gasteiger partial charge in [-0.1, -0.05) is 20.3 Å². The van der Waals surface area contributed by atoms with Gasteiger partial charge in [-0.05, 0) is 25.7 Å². The van der Waals surface area contributed by atoms with Gasteiger partial charge in [-0.3, -0.25) is 4.79 Å². The monoisotopic (exact) mass is 227 g/mol. The molecule has 92 valence electrons. The molecule has 4 nitrogen and oxygen atoms in total. The molecule has 0 heterocycles. The van der Waals surface area contributed by atoms with Gasteiger partial charge in [-0.25, -0.2) is 4.79 Å². The molecule has 1 atom stereocenters. The van der Waals surface area contributed by atoms with E-state index in [-0.39, 0.29) is 11.9 Å². The van der Waals surface area contributed by atoms with E-state index in [1.54, 1.807) is 4.90 Å². The highest BCUT2D eigenvalue weighted by Crippen LogP contribution is 2.37. The van der Waals surface area contributed by atoms with Crippen LogP contribution in [-0.2, 0) is 9.59 Å². The highest BCUT2D eigenvalue weighted by molar-refractivity contribution is 5.86. The first-order valence-corrected chi connectivity index (χ1v) is 6.03. The largest absolute Gasteiger partial charge is 0.479 e. The summed E-state index contributed by atoms with van der Waals surface area (Å²) in [5.41, 5.74) is -0.984. The first-order valence-electron chi connectivity index (χ1n) is 6.03. The van der Waals surface area contributed by atoms with E-state index in [2.05, 4.69) is 0 Å². The van der Waals surface area contributed by atoms with Gasteiger partial charge in [0.2, 0.25) is 5.91 Å². The van der Waals surface area contributed by atoms with Crippen molar-refractivity contribution in [3.8, 4) is 0 Å². The van der Waals surface area contributed by atoms with E-state index in [9.17, 15) is 14.7 Å². The summed E-state index contributed by atoms with van der Waals surface area (Å²) in [7, 11) is 0. The second kappa shape index (κ2) is 4.85. The van der Waals surface area contributed by atoms with E-state index < -0.39 is 11.5 Å². The smallest absolute Gasteiger partial charge is 0.329 e. The summed E-state index contributed by atoms with van der Waals surface area (Å²) < 4.78 is 0. The molecule has 0 spiro atoms. The van der Waals surface area contributed by atoms with Gasteiger partial charge in [0.15, 0.2) is 0 Å². The quantitative estimate of drug-likeness (QED) is 0.755. The number of carboxylic acids is 1. The fourth-order valence-electron chi connectivity index (χ4n) is 2.48. The minimum Gasteiger partial charge on any atom is -0.479 e. The molecule has 1 fully saturated rings. The van der Waals surface area contributed by atoms with Crippen LogP contribution in [0.3, 0.4) is 0 Å². The minimum atomic E-state index is -0.984. The Bertz CT molecular complexity index is 286. The fraction of sp³-hybridized carbons (Fsp3) is 0.833. The lowest BCUT2D eigenvalue weighted by Gasteiger charge is -2.40. The van der Waals surface area contributed by atoms with Gasteiger partial charge in [0.1, 0.15) is 5.54 Å². The molecule has 0 saturated heterocycles. The van der Waals surface area contributed by atoms with Crippen LogP contribution in [0.1, 0.15) is 52.9 Å². The lowest BCUT2D eigenvalue weighted by Crippen LogP contribution is -2.57. The lowest BCUT2D eigenvalue weighted by molar-refractivity contribution is -0.160. The summed E-state index contributed by atoms with van der Waals surface area (Å²) in [6, 6.07) is 0.153. The Morgan fingerprint density at radius 3 is 2.19 bits per heavy atom. The van der Waals surface area contributed by atoms with Crippen LogP contribution in [0.5, 0.6) is 0 Å². The second-order valence-electron chi connectivity index (χ2n) is 4.56. The summed E-state index contributed by atoms with van der Waals surface area (Å²) in [6.07, 6.45) is 3.68. The molecule has 0 aromatic carbocycles. The van der Waals surface area contributed by atoms with E-state index in [0.29, 0.717) is 12.8 Å². The normalized spacial score (nSPS) is 18.9. The fourth-order valence-corrected chi connectivity index (χ4v) is 2.48. The summed E-state index contributed by atoms with van der Waals surface area (Å²) in [5, 5.41) is 9.46. The van der Waals surface area contributed by atoms with Crippen LogP contribution in [-0.4, -0.2) is 33.5 Å². The molecular weight excluding hydrogens is 206 g/mol. The van der Waals surface area contributed by atoms with Crippen molar-refractivity contribution in [2.75, 3.05) is 0 Å². The molecular formula is C12H21NO3. The molecule has 0 aromatic heterocycles. The van der Waals surface area contributed by atoms with Crippen molar-refractivity contribution >= 4 is 11.9 Å². The van der Waals surface area contributed by atoms with Gasteiger partial charge in [0.05, 0.1) is 0 Å².